The van der Waals surface area contributed by atoms with Crippen molar-refractivity contribution in [3.63, 3.8) is 0 Å². The molecule has 0 atom stereocenters. The Hall–Kier alpha value is -1.34. The monoisotopic (exact) mass is 280 g/mol. The van der Waals surface area contributed by atoms with Gasteiger partial charge in [-0.05, 0) is 11.6 Å². The number of rotatable bonds is 5. The molecule has 0 bridgehead atoms. The fourth-order valence-corrected chi connectivity index (χ4v) is 2.33. The maximum absolute atomic E-state index is 12.6. The van der Waals surface area contributed by atoms with Crippen molar-refractivity contribution < 1.29 is 25.8 Å². The van der Waals surface area contributed by atoms with Crippen molar-refractivity contribution in [1.82, 2.24) is 0 Å². The highest BCUT2D eigenvalue weighted by Gasteiger charge is 2.34. The van der Waals surface area contributed by atoms with Gasteiger partial charge in [0.15, 0.2) is 0 Å². The van der Waals surface area contributed by atoms with Crippen LogP contribution in [0, 0.1) is 0 Å². The predicted octanol–water partition coefficient (Wildman–Crippen LogP) is 2.74. The summed E-state index contributed by atoms with van der Waals surface area (Å²) in [5.41, 5.74) is -1.31. The summed E-state index contributed by atoms with van der Waals surface area (Å²) in [6.07, 6.45) is -3.39. The lowest BCUT2D eigenvalue weighted by Gasteiger charge is -2.12. The molecule has 0 aliphatic heterocycles. The van der Waals surface area contributed by atoms with Gasteiger partial charge in [-0.25, -0.2) is 0 Å². The molecule has 18 heavy (non-hydrogen) atoms. The second kappa shape index (κ2) is 5.53. The van der Waals surface area contributed by atoms with E-state index in [9.17, 15) is 21.6 Å². The Balaban J connectivity index is 3.02. The fourth-order valence-electron chi connectivity index (χ4n) is 1.31. The van der Waals surface area contributed by atoms with E-state index < -0.39 is 27.6 Å². The maximum Gasteiger partial charge on any atom is 0.416 e. The molecule has 0 aromatic heterocycles. The lowest BCUT2D eigenvalue weighted by molar-refractivity contribution is -0.138. The predicted molar refractivity (Wildman–Crippen MR) is 60.2 cm³/mol. The molecule has 0 aliphatic rings. The molecule has 0 heterocycles. The summed E-state index contributed by atoms with van der Waals surface area (Å²) >= 11 is 0. The number of hydrogen-bond acceptors (Lipinski definition) is 3. The average Bonchev–Trinajstić information content (AvgIpc) is 2.25. The van der Waals surface area contributed by atoms with E-state index in [1.54, 1.807) is 0 Å². The van der Waals surface area contributed by atoms with E-state index in [4.69, 9.17) is 0 Å². The summed E-state index contributed by atoms with van der Waals surface area (Å²) in [6.45, 7) is 2.99. The van der Waals surface area contributed by atoms with Crippen LogP contribution in [0.15, 0.2) is 36.9 Å². The highest BCUT2D eigenvalue weighted by molar-refractivity contribution is 7.85. The van der Waals surface area contributed by atoms with Crippen LogP contribution in [0.1, 0.15) is 11.1 Å². The van der Waals surface area contributed by atoms with Crippen LogP contribution in [0.2, 0.25) is 0 Å². The Morgan fingerprint density at radius 3 is 2.44 bits per heavy atom. The first-order chi connectivity index (χ1) is 8.26. The molecule has 0 N–H and O–H groups in total. The topological polar surface area (TPSA) is 43.4 Å². The minimum atomic E-state index is -4.59. The zero-order chi connectivity index (χ0) is 13.8. The van der Waals surface area contributed by atoms with Gasteiger partial charge in [0.05, 0.1) is 12.2 Å². The Morgan fingerprint density at radius 2 is 1.89 bits per heavy atom. The normalized spacial score (nSPS) is 12.4. The summed E-state index contributed by atoms with van der Waals surface area (Å²) in [5, 5.41) is 0. The molecule has 100 valence electrons. The summed E-state index contributed by atoms with van der Waals surface area (Å²) in [4.78, 5) is 0. The molecule has 0 saturated heterocycles. The molecule has 1 aromatic rings. The van der Waals surface area contributed by atoms with Gasteiger partial charge in [0.1, 0.15) is 5.75 Å². The molecular weight excluding hydrogens is 269 g/mol. The molecule has 7 heteroatoms. The van der Waals surface area contributed by atoms with Gasteiger partial charge in [-0.15, -0.1) is 6.58 Å². The van der Waals surface area contributed by atoms with E-state index in [1.165, 1.54) is 18.2 Å². The number of hydrogen-bond donors (Lipinski definition) is 0. The summed E-state index contributed by atoms with van der Waals surface area (Å²) < 4.78 is 65.1. The molecular formula is C11H11F3O3S. The maximum atomic E-state index is 12.6. The molecule has 0 fully saturated rings. The van der Waals surface area contributed by atoms with Crippen molar-refractivity contribution in [3.05, 3.63) is 48.0 Å². The van der Waals surface area contributed by atoms with Gasteiger partial charge in [-0.1, -0.05) is 24.3 Å². The van der Waals surface area contributed by atoms with Crippen LogP contribution in [-0.2, 0) is 26.2 Å². The van der Waals surface area contributed by atoms with Gasteiger partial charge in [-0.2, -0.15) is 21.6 Å². The zero-order valence-electron chi connectivity index (χ0n) is 9.27. The minimum absolute atomic E-state index is 0.267. The molecule has 1 aromatic carbocycles. The summed E-state index contributed by atoms with van der Waals surface area (Å²) in [5.74, 6) is -0.823. The standard InChI is InChI=1S/C11H11F3O3S/c1-2-7-17-18(15,16)8-9-5-3-4-6-10(9)11(12,13)14/h2-6H,1,7-8H2. The van der Waals surface area contributed by atoms with Crippen molar-refractivity contribution in [2.24, 2.45) is 0 Å². The Morgan fingerprint density at radius 1 is 1.28 bits per heavy atom. The average molecular weight is 280 g/mol. The lowest BCUT2D eigenvalue weighted by Crippen LogP contribution is -2.14. The van der Waals surface area contributed by atoms with Crippen molar-refractivity contribution >= 4 is 10.1 Å². The lowest BCUT2D eigenvalue weighted by atomic mass is 10.1. The minimum Gasteiger partial charge on any atom is -0.266 e. The first-order valence-corrected chi connectivity index (χ1v) is 6.47. The van der Waals surface area contributed by atoms with Gasteiger partial charge in [-0.3, -0.25) is 4.18 Å². The van der Waals surface area contributed by atoms with Crippen molar-refractivity contribution in [3.8, 4) is 0 Å². The van der Waals surface area contributed by atoms with Crippen LogP contribution >= 0.6 is 0 Å². The molecule has 0 aliphatic carbocycles. The molecule has 0 radical (unpaired) electrons. The molecule has 0 unspecified atom stereocenters. The van der Waals surface area contributed by atoms with E-state index in [0.717, 1.165) is 12.1 Å². The molecule has 0 amide bonds. The van der Waals surface area contributed by atoms with Crippen molar-refractivity contribution in [1.29, 1.82) is 0 Å². The van der Waals surface area contributed by atoms with Crippen LogP contribution in [0.3, 0.4) is 0 Å². The molecule has 0 spiro atoms. The SMILES string of the molecule is C=CCOS(=O)(=O)Cc1ccccc1C(F)(F)F. The van der Waals surface area contributed by atoms with Crippen LogP contribution < -0.4 is 0 Å². The van der Waals surface area contributed by atoms with Crippen molar-refractivity contribution in [2.75, 3.05) is 6.61 Å². The van der Waals surface area contributed by atoms with E-state index in [0.29, 0.717) is 0 Å². The Bertz CT molecular complexity index is 521. The highest BCUT2D eigenvalue weighted by Crippen LogP contribution is 2.32. The Kier molecular flexibility index (Phi) is 4.53. The second-order valence-corrected chi connectivity index (χ2v) is 5.07. The summed E-state index contributed by atoms with van der Waals surface area (Å²) in [6, 6.07) is 4.48. The van der Waals surface area contributed by atoms with Crippen LogP contribution in [0.4, 0.5) is 13.2 Å². The van der Waals surface area contributed by atoms with E-state index in [-0.39, 0.29) is 12.2 Å². The van der Waals surface area contributed by atoms with Gasteiger partial charge in [0.2, 0.25) is 0 Å². The van der Waals surface area contributed by atoms with E-state index >= 15 is 0 Å². The number of benzene rings is 1. The van der Waals surface area contributed by atoms with Crippen LogP contribution in [0.5, 0.6) is 0 Å². The second-order valence-electron chi connectivity index (χ2n) is 3.43. The third-order valence-corrected chi connectivity index (χ3v) is 3.18. The van der Waals surface area contributed by atoms with Crippen molar-refractivity contribution in [2.45, 2.75) is 11.9 Å². The fraction of sp³-hybridized carbons (Fsp3) is 0.273. The van der Waals surface area contributed by atoms with E-state index in [2.05, 4.69) is 10.8 Å². The van der Waals surface area contributed by atoms with Gasteiger partial charge in [0.25, 0.3) is 10.1 Å². The molecule has 3 nitrogen and oxygen atoms in total. The highest BCUT2D eigenvalue weighted by atomic mass is 32.2. The van der Waals surface area contributed by atoms with Crippen LogP contribution in [0.25, 0.3) is 0 Å². The number of halogens is 3. The van der Waals surface area contributed by atoms with Gasteiger partial charge in [0, 0.05) is 0 Å². The van der Waals surface area contributed by atoms with Gasteiger partial charge < -0.3 is 0 Å². The number of alkyl halides is 3. The first kappa shape index (κ1) is 14.7. The summed E-state index contributed by atoms with van der Waals surface area (Å²) in [7, 11) is -4.05. The molecule has 0 saturated carbocycles. The zero-order valence-corrected chi connectivity index (χ0v) is 10.1. The Labute approximate surface area is 103 Å². The third kappa shape index (κ3) is 4.15. The smallest absolute Gasteiger partial charge is 0.266 e. The first-order valence-electron chi connectivity index (χ1n) is 4.89. The van der Waals surface area contributed by atoms with E-state index in [1.807, 2.05) is 0 Å². The largest absolute Gasteiger partial charge is 0.416 e. The van der Waals surface area contributed by atoms with Gasteiger partial charge >= 0.3 is 6.18 Å². The van der Waals surface area contributed by atoms with Crippen LogP contribution in [-0.4, -0.2) is 15.0 Å². The molecule has 1 rings (SSSR count). The quantitative estimate of drug-likeness (QED) is 0.615. The third-order valence-electron chi connectivity index (χ3n) is 2.02.